The van der Waals surface area contributed by atoms with Gasteiger partial charge in [0.25, 0.3) is 11.3 Å². The summed E-state index contributed by atoms with van der Waals surface area (Å²) in [6.07, 6.45) is -0.253. The highest BCUT2D eigenvalue weighted by Crippen LogP contribution is 2.22. The third-order valence-corrected chi connectivity index (χ3v) is 2.26. The molecule has 0 rings (SSSR count). The predicted octanol–water partition coefficient (Wildman–Crippen LogP) is 1.61. The fourth-order valence-electron chi connectivity index (χ4n) is 1.33. The molecule has 0 saturated carbocycles. The van der Waals surface area contributed by atoms with E-state index in [4.69, 9.17) is 0 Å². The van der Waals surface area contributed by atoms with Crippen LogP contribution in [-0.4, -0.2) is 50.6 Å². The summed E-state index contributed by atoms with van der Waals surface area (Å²) < 4.78 is 4.28. The summed E-state index contributed by atoms with van der Waals surface area (Å²) in [4.78, 5) is 57.0. The van der Waals surface area contributed by atoms with E-state index in [9.17, 15) is 24.0 Å². The van der Waals surface area contributed by atoms with Gasteiger partial charge in [-0.3, -0.25) is 19.2 Å². The van der Waals surface area contributed by atoms with Gasteiger partial charge in [-0.05, 0) is 14.0 Å². The first kappa shape index (κ1) is 43.1. The van der Waals surface area contributed by atoms with Gasteiger partial charge in [0, 0.05) is 0 Å². The molecule has 0 aromatic rings. The number of hydrogen-bond donors (Lipinski definition) is 2. The average molecular weight is 354 g/mol. The van der Waals surface area contributed by atoms with Crippen LogP contribution in [-0.2, 0) is 28.7 Å². The highest BCUT2D eigenvalue weighted by molar-refractivity contribution is 6.49. The van der Waals surface area contributed by atoms with Gasteiger partial charge in [0.15, 0.2) is 12.1 Å². The summed E-state index contributed by atoms with van der Waals surface area (Å²) in [6.45, 7) is 0.772. The monoisotopic (exact) mass is 354 g/mol. The number of nitrogens with one attached hydrogen (secondary N) is 2. The van der Waals surface area contributed by atoms with Crippen molar-refractivity contribution in [3.8, 4) is 0 Å². The molecule has 2 N–H and O–H groups in total. The number of carbonyl (C=O) groups is 5. The summed E-state index contributed by atoms with van der Waals surface area (Å²) in [5.41, 5.74) is -2.77. The Bertz CT molecular complexity index is 396. The Balaban J connectivity index is -0.0000000963. The van der Waals surface area contributed by atoms with Gasteiger partial charge in [-0.25, -0.2) is 4.79 Å². The molecule has 0 aliphatic heterocycles. The Labute approximate surface area is 147 Å². The lowest BCUT2D eigenvalue weighted by Gasteiger charge is -2.23. The highest BCUT2D eigenvalue weighted by Gasteiger charge is 2.58. The normalized spacial score (nSPS) is 9.79. The predicted molar refractivity (Wildman–Crippen MR) is 98.7 cm³/mol. The number of rotatable bonds is 7. The number of esters is 1. The van der Waals surface area contributed by atoms with E-state index in [1.54, 1.807) is 0 Å². The van der Waals surface area contributed by atoms with Gasteiger partial charge in [0.1, 0.15) is 0 Å². The second-order valence-electron chi connectivity index (χ2n) is 3.32. The molecule has 8 heteroatoms. The molecular weight excluding hydrogens is 316 g/mol. The van der Waals surface area contributed by atoms with E-state index >= 15 is 0 Å². The zero-order chi connectivity index (χ0) is 14.3. The van der Waals surface area contributed by atoms with Gasteiger partial charge in [-0.15, -0.1) is 0 Å². The summed E-state index contributed by atoms with van der Waals surface area (Å²) in [6, 6.07) is 0. The third kappa shape index (κ3) is 7.96. The van der Waals surface area contributed by atoms with Crippen LogP contribution in [0.25, 0.3) is 0 Å². The third-order valence-electron chi connectivity index (χ3n) is 2.26. The van der Waals surface area contributed by atoms with Gasteiger partial charge in [0.05, 0.1) is 13.8 Å². The molecule has 1 unspecified atom stereocenters. The molecule has 0 aliphatic carbocycles. The van der Waals surface area contributed by atoms with Crippen molar-refractivity contribution in [3.05, 3.63) is 0 Å². The van der Waals surface area contributed by atoms with Crippen molar-refractivity contribution in [2.75, 3.05) is 20.8 Å². The SMILES string of the molecule is C.C.C.C.C.C.CNCNC(=O)C(C(C)=O)(C(=O)C=O)C(=O)OC. The number of hydrogen-bond acceptors (Lipinski definition) is 7. The standard InChI is InChI=1S/C10H14N2O6.6CH4/c1-6(14)10(7(15)4-13,9(17)18-3)8(16)12-5-11-2;;;;;;/h4,11H,5H2,1-3H3,(H,12,16);6*1H4. The maximum Gasteiger partial charge on any atom is 0.337 e. The first-order valence-electron chi connectivity index (χ1n) is 4.91. The Morgan fingerprint density at radius 2 is 1.42 bits per heavy atom. The molecule has 0 fully saturated rings. The minimum atomic E-state index is -2.77. The fourth-order valence-corrected chi connectivity index (χ4v) is 1.33. The summed E-state index contributed by atoms with van der Waals surface area (Å²) >= 11 is 0. The van der Waals surface area contributed by atoms with E-state index in [0.717, 1.165) is 14.0 Å². The van der Waals surface area contributed by atoms with Crippen LogP contribution in [0, 0.1) is 5.41 Å². The van der Waals surface area contributed by atoms with Crippen molar-refractivity contribution in [3.63, 3.8) is 0 Å². The summed E-state index contributed by atoms with van der Waals surface area (Å²) in [7, 11) is 2.40. The lowest BCUT2D eigenvalue weighted by molar-refractivity contribution is -0.167. The molecule has 0 bridgehead atoms. The lowest BCUT2D eigenvalue weighted by atomic mass is 9.79. The van der Waals surface area contributed by atoms with Gasteiger partial charge in [-0.2, -0.15) is 0 Å². The van der Waals surface area contributed by atoms with Gasteiger partial charge >= 0.3 is 5.97 Å². The van der Waals surface area contributed by atoms with Crippen LogP contribution in [0.3, 0.4) is 0 Å². The van der Waals surface area contributed by atoms with Crippen LogP contribution < -0.4 is 10.6 Å². The number of carbonyl (C=O) groups excluding carboxylic acids is 5. The molecule has 1 amide bonds. The van der Waals surface area contributed by atoms with Crippen molar-refractivity contribution in [1.29, 1.82) is 0 Å². The summed E-state index contributed by atoms with van der Waals surface area (Å²) in [5.74, 6) is -5.13. The molecule has 0 saturated heterocycles. The Hall–Kier alpha value is -2.09. The van der Waals surface area contributed by atoms with Gasteiger partial charge in [-0.1, -0.05) is 44.6 Å². The van der Waals surface area contributed by atoms with Crippen LogP contribution >= 0.6 is 0 Å². The zero-order valence-electron chi connectivity index (χ0n) is 10.2. The van der Waals surface area contributed by atoms with Crippen molar-refractivity contribution in [1.82, 2.24) is 10.6 Å². The molecule has 8 nitrogen and oxygen atoms in total. The molecule has 0 aromatic heterocycles. The van der Waals surface area contributed by atoms with Crippen LogP contribution in [0.1, 0.15) is 51.5 Å². The van der Waals surface area contributed by atoms with E-state index < -0.39 is 28.9 Å². The van der Waals surface area contributed by atoms with Crippen LogP contribution in [0.15, 0.2) is 0 Å². The fraction of sp³-hybridized carbons (Fsp3) is 0.688. The molecule has 0 aromatic carbocycles. The van der Waals surface area contributed by atoms with Gasteiger partial charge < -0.3 is 15.4 Å². The zero-order valence-corrected chi connectivity index (χ0v) is 10.2. The highest BCUT2D eigenvalue weighted by atomic mass is 16.5. The van der Waals surface area contributed by atoms with Crippen LogP contribution in [0.5, 0.6) is 0 Å². The molecule has 0 spiro atoms. The first-order chi connectivity index (χ1) is 8.39. The van der Waals surface area contributed by atoms with E-state index in [1.165, 1.54) is 7.05 Å². The topological polar surface area (TPSA) is 119 Å². The second-order valence-corrected chi connectivity index (χ2v) is 3.32. The van der Waals surface area contributed by atoms with E-state index in [2.05, 4.69) is 15.4 Å². The van der Waals surface area contributed by atoms with Crippen LogP contribution in [0.4, 0.5) is 0 Å². The number of ether oxygens (including phenoxy) is 1. The quantitative estimate of drug-likeness (QED) is 0.234. The number of ketones is 2. The molecule has 0 heterocycles. The summed E-state index contributed by atoms with van der Waals surface area (Å²) in [5, 5.41) is 4.66. The largest absolute Gasteiger partial charge is 0.468 e. The van der Waals surface area contributed by atoms with E-state index in [-0.39, 0.29) is 57.5 Å². The number of Topliss-reactive ketones (excluding diaryl/α,β-unsaturated/α-hetero) is 2. The Kier molecular flexibility index (Phi) is 34.0. The van der Waals surface area contributed by atoms with Gasteiger partial charge in [0.2, 0.25) is 5.78 Å². The van der Waals surface area contributed by atoms with E-state index in [0.29, 0.717) is 0 Å². The maximum absolute atomic E-state index is 11.8. The smallest absolute Gasteiger partial charge is 0.337 e. The maximum atomic E-state index is 11.8. The minimum absolute atomic E-state index is 0. The number of amides is 1. The van der Waals surface area contributed by atoms with Crippen molar-refractivity contribution < 1.29 is 28.7 Å². The Morgan fingerprint density at radius 3 is 1.67 bits per heavy atom. The number of aldehydes is 1. The number of methoxy groups -OCH3 is 1. The molecule has 148 valence electrons. The molecule has 0 aliphatic rings. The minimum Gasteiger partial charge on any atom is -0.468 e. The first-order valence-corrected chi connectivity index (χ1v) is 4.91. The van der Waals surface area contributed by atoms with Crippen molar-refractivity contribution >= 4 is 29.7 Å². The lowest BCUT2D eigenvalue weighted by Crippen LogP contribution is -2.58. The molecular formula is C16H38N2O6. The van der Waals surface area contributed by atoms with E-state index in [1.807, 2.05) is 0 Å². The molecule has 1 atom stereocenters. The van der Waals surface area contributed by atoms with Crippen molar-refractivity contribution in [2.45, 2.75) is 51.5 Å². The van der Waals surface area contributed by atoms with Crippen LogP contribution in [0.2, 0.25) is 0 Å². The Morgan fingerprint density at radius 1 is 1.00 bits per heavy atom. The molecule has 0 radical (unpaired) electrons. The second kappa shape index (κ2) is 19.0. The molecule has 24 heavy (non-hydrogen) atoms. The average Bonchev–Trinajstić information content (AvgIpc) is 2.35. The van der Waals surface area contributed by atoms with Crippen molar-refractivity contribution in [2.24, 2.45) is 5.41 Å².